The highest BCUT2D eigenvalue weighted by atomic mass is 32.2. The van der Waals surface area contributed by atoms with Crippen molar-refractivity contribution in [3.63, 3.8) is 0 Å². The van der Waals surface area contributed by atoms with Crippen molar-refractivity contribution < 1.29 is 9.59 Å². The van der Waals surface area contributed by atoms with Gasteiger partial charge in [0.15, 0.2) is 0 Å². The summed E-state index contributed by atoms with van der Waals surface area (Å²) >= 11 is 2.50. The van der Waals surface area contributed by atoms with Crippen LogP contribution < -0.4 is 10.2 Å². The maximum absolute atomic E-state index is 13.1. The molecular formula is C23H17N3O3S2. The molecule has 31 heavy (non-hydrogen) atoms. The normalized spacial score (nSPS) is 22.4. The number of thiazole rings is 1. The van der Waals surface area contributed by atoms with E-state index in [0.29, 0.717) is 0 Å². The Kier molecular flexibility index (Phi) is 4.03. The molecule has 0 radical (unpaired) electrons. The van der Waals surface area contributed by atoms with Gasteiger partial charge in [-0.3, -0.25) is 24.3 Å². The van der Waals surface area contributed by atoms with Crippen LogP contribution in [0, 0.1) is 5.92 Å². The molecule has 2 aromatic carbocycles. The smallest absolute Gasteiger partial charge is 0.312 e. The topological polar surface area (TPSA) is 73.1 Å². The van der Waals surface area contributed by atoms with Gasteiger partial charge in [-0.25, -0.2) is 0 Å². The summed E-state index contributed by atoms with van der Waals surface area (Å²) in [4.78, 5) is 39.4. The summed E-state index contributed by atoms with van der Waals surface area (Å²) in [5.41, 5.74) is 2.78. The number of imide groups is 1. The number of hydrogen-bond acceptors (Lipinski definition) is 5. The summed E-state index contributed by atoms with van der Waals surface area (Å²) in [7, 11) is 1.97. The Bertz CT molecular complexity index is 1430. The summed E-state index contributed by atoms with van der Waals surface area (Å²) < 4.78 is 3.71. The van der Waals surface area contributed by atoms with Crippen LogP contribution in [0.15, 0.2) is 70.6 Å². The summed E-state index contributed by atoms with van der Waals surface area (Å²) in [5.74, 6) is -1.45. The first-order chi connectivity index (χ1) is 15.0. The molecule has 2 amide bonds. The predicted octanol–water partition coefficient (Wildman–Crippen LogP) is 3.27. The first-order valence-corrected chi connectivity index (χ1v) is 11.6. The molecule has 0 bridgehead atoms. The lowest BCUT2D eigenvalue weighted by Gasteiger charge is -2.30. The largest absolute Gasteiger partial charge is 0.350 e. The van der Waals surface area contributed by atoms with E-state index in [4.69, 9.17) is 0 Å². The molecule has 154 valence electrons. The Morgan fingerprint density at radius 2 is 1.68 bits per heavy atom. The van der Waals surface area contributed by atoms with Crippen LogP contribution in [-0.2, 0) is 16.6 Å². The average Bonchev–Trinajstić information content (AvgIpc) is 3.38. The fourth-order valence-electron chi connectivity index (χ4n) is 4.75. The molecule has 3 atom stereocenters. The lowest BCUT2D eigenvalue weighted by atomic mass is 9.83. The molecular weight excluding hydrogens is 430 g/mol. The quantitative estimate of drug-likeness (QED) is 0.479. The number of rotatable bonds is 2. The maximum Gasteiger partial charge on any atom is 0.312 e. The molecule has 0 saturated carbocycles. The van der Waals surface area contributed by atoms with E-state index < -0.39 is 11.2 Å². The first kappa shape index (κ1) is 18.7. The molecule has 1 fully saturated rings. The van der Waals surface area contributed by atoms with E-state index >= 15 is 0 Å². The van der Waals surface area contributed by atoms with Gasteiger partial charge in [-0.1, -0.05) is 59.5 Å². The molecule has 0 spiro atoms. The van der Waals surface area contributed by atoms with E-state index in [-0.39, 0.29) is 22.6 Å². The van der Waals surface area contributed by atoms with Crippen molar-refractivity contribution in [1.29, 1.82) is 0 Å². The second-order valence-electron chi connectivity index (χ2n) is 7.82. The number of carbonyl (C=O) groups excluding carboxylic acids is 2. The predicted molar refractivity (Wildman–Crippen MR) is 121 cm³/mol. The number of nitrogens with zero attached hydrogens (tertiary/aromatic N) is 2. The minimum atomic E-state index is -0.562. The van der Waals surface area contributed by atoms with E-state index in [1.54, 1.807) is 4.57 Å². The third-order valence-electron chi connectivity index (χ3n) is 6.08. The monoisotopic (exact) mass is 447 g/mol. The van der Waals surface area contributed by atoms with Crippen molar-refractivity contribution in [3.8, 4) is 5.69 Å². The standard InChI is InChI=1S/C23H17N3O3S2/c1-25-11-14(13-9-5-6-10-15(13)25)16-17-18(21(28)24-20(17)27)30-22-19(16)31-23(29)26(22)12-7-3-2-4-8-12/h2-11,16-18H,1H3,(H,24,27,28)/t16-,17-,18+/m0/s1. The minimum absolute atomic E-state index is 0.109. The molecule has 0 aliphatic carbocycles. The third-order valence-corrected chi connectivity index (χ3v) is 8.63. The van der Waals surface area contributed by atoms with Gasteiger partial charge in [-0.15, -0.1) is 0 Å². The summed E-state index contributed by atoms with van der Waals surface area (Å²) in [5, 5.41) is 3.75. The zero-order valence-electron chi connectivity index (χ0n) is 16.4. The van der Waals surface area contributed by atoms with Crippen molar-refractivity contribution in [1.82, 2.24) is 14.5 Å². The van der Waals surface area contributed by atoms with Gasteiger partial charge in [0.2, 0.25) is 11.8 Å². The Morgan fingerprint density at radius 1 is 0.935 bits per heavy atom. The molecule has 2 aliphatic heterocycles. The lowest BCUT2D eigenvalue weighted by molar-refractivity contribution is -0.125. The van der Waals surface area contributed by atoms with Crippen LogP contribution in [0.4, 0.5) is 0 Å². The average molecular weight is 448 g/mol. The Hall–Kier alpha value is -3.10. The summed E-state index contributed by atoms with van der Waals surface area (Å²) in [6.45, 7) is 0. The highest BCUT2D eigenvalue weighted by Crippen LogP contribution is 2.53. The van der Waals surface area contributed by atoms with Crippen molar-refractivity contribution in [2.75, 3.05) is 0 Å². The maximum atomic E-state index is 13.1. The van der Waals surface area contributed by atoms with Gasteiger partial charge in [0.05, 0.1) is 16.6 Å². The molecule has 8 heteroatoms. The molecule has 1 N–H and O–H groups in total. The van der Waals surface area contributed by atoms with Gasteiger partial charge >= 0.3 is 4.87 Å². The van der Waals surface area contributed by atoms with E-state index in [2.05, 4.69) is 5.32 Å². The van der Waals surface area contributed by atoms with E-state index in [1.807, 2.05) is 72.4 Å². The lowest BCUT2D eigenvalue weighted by Crippen LogP contribution is -2.31. The molecule has 6 rings (SSSR count). The van der Waals surface area contributed by atoms with Crippen LogP contribution in [0.1, 0.15) is 16.4 Å². The van der Waals surface area contributed by atoms with E-state index in [0.717, 1.165) is 32.1 Å². The zero-order chi connectivity index (χ0) is 21.3. The molecule has 1 saturated heterocycles. The second kappa shape index (κ2) is 6.70. The minimum Gasteiger partial charge on any atom is -0.350 e. The number of nitrogens with one attached hydrogen (secondary N) is 1. The van der Waals surface area contributed by atoms with Crippen LogP contribution in [0.2, 0.25) is 0 Å². The van der Waals surface area contributed by atoms with Crippen molar-refractivity contribution in [2.45, 2.75) is 16.2 Å². The molecule has 2 aromatic heterocycles. The van der Waals surface area contributed by atoms with E-state index in [1.165, 1.54) is 23.1 Å². The molecule has 4 heterocycles. The molecule has 0 unspecified atom stereocenters. The van der Waals surface area contributed by atoms with Crippen LogP contribution in [0.5, 0.6) is 0 Å². The van der Waals surface area contributed by atoms with Crippen molar-refractivity contribution in [2.24, 2.45) is 13.0 Å². The SMILES string of the molecule is Cn1cc([C@@H]2c3sc(=O)n(-c4ccccc4)c3S[C@H]3C(=O)NC(=O)[C@@H]23)c2ccccc21. The van der Waals surface area contributed by atoms with Gasteiger partial charge in [0.25, 0.3) is 0 Å². The van der Waals surface area contributed by atoms with Crippen LogP contribution in [0.3, 0.4) is 0 Å². The van der Waals surface area contributed by atoms with Crippen molar-refractivity contribution >= 4 is 45.8 Å². The number of aromatic nitrogens is 2. The number of hydrogen-bond donors (Lipinski definition) is 1. The fourth-order valence-corrected chi connectivity index (χ4v) is 7.50. The number of benzene rings is 2. The van der Waals surface area contributed by atoms with Gasteiger partial charge in [0.1, 0.15) is 5.25 Å². The third kappa shape index (κ3) is 2.61. The summed E-state index contributed by atoms with van der Waals surface area (Å²) in [6, 6.07) is 17.5. The van der Waals surface area contributed by atoms with Crippen LogP contribution in [0.25, 0.3) is 16.6 Å². The molecule has 6 nitrogen and oxygen atoms in total. The summed E-state index contributed by atoms with van der Waals surface area (Å²) in [6.07, 6.45) is 2.03. The number of para-hydroxylation sites is 2. The molecule has 2 aliphatic rings. The van der Waals surface area contributed by atoms with Gasteiger partial charge in [-0.05, 0) is 23.8 Å². The van der Waals surface area contributed by atoms with Crippen molar-refractivity contribution in [3.05, 3.63) is 80.9 Å². The highest BCUT2D eigenvalue weighted by molar-refractivity contribution is 8.00. The number of thioether (sulfide) groups is 1. The zero-order valence-corrected chi connectivity index (χ0v) is 18.1. The number of amides is 2. The first-order valence-electron chi connectivity index (χ1n) is 9.91. The Labute approximate surface area is 185 Å². The second-order valence-corrected chi connectivity index (χ2v) is 9.94. The molecule has 4 aromatic rings. The van der Waals surface area contributed by atoms with Gasteiger partial charge < -0.3 is 4.57 Å². The fraction of sp³-hybridized carbons (Fsp3) is 0.174. The number of aryl methyl sites for hydroxylation is 1. The Balaban J connectivity index is 1.65. The van der Waals surface area contributed by atoms with E-state index in [9.17, 15) is 14.4 Å². The van der Waals surface area contributed by atoms with Gasteiger partial charge in [-0.2, -0.15) is 0 Å². The highest BCUT2D eigenvalue weighted by Gasteiger charge is 2.53. The van der Waals surface area contributed by atoms with Crippen LogP contribution in [-0.4, -0.2) is 26.2 Å². The number of carbonyl (C=O) groups is 2. The Morgan fingerprint density at radius 3 is 2.48 bits per heavy atom. The van der Waals surface area contributed by atoms with Gasteiger partial charge in [0, 0.05) is 34.9 Å². The number of fused-ring (bicyclic) bond motifs is 3. The van der Waals surface area contributed by atoms with Crippen LogP contribution >= 0.6 is 23.1 Å².